The van der Waals surface area contributed by atoms with Crippen molar-refractivity contribution in [3.05, 3.63) is 39.0 Å². The number of aromatic nitrogens is 2. The van der Waals surface area contributed by atoms with Crippen LogP contribution in [0, 0.1) is 4.77 Å². The van der Waals surface area contributed by atoms with E-state index in [2.05, 4.69) is 11.6 Å². The summed E-state index contributed by atoms with van der Waals surface area (Å²) in [6.07, 6.45) is 8.51. The van der Waals surface area contributed by atoms with Crippen LogP contribution >= 0.6 is 12.2 Å². The predicted molar refractivity (Wildman–Crippen MR) is 76.6 cm³/mol. The van der Waals surface area contributed by atoms with Crippen molar-refractivity contribution in [2.75, 3.05) is 0 Å². The Hall–Kier alpha value is -1.16. The van der Waals surface area contributed by atoms with Gasteiger partial charge in [-0.2, -0.15) is 0 Å². The van der Waals surface area contributed by atoms with E-state index in [9.17, 15) is 4.79 Å². The van der Waals surface area contributed by atoms with Gasteiger partial charge >= 0.3 is 0 Å². The molecule has 0 unspecified atom stereocenters. The number of nitrogens with one attached hydrogen (secondary N) is 1. The van der Waals surface area contributed by atoms with E-state index in [0.29, 0.717) is 17.1 Å². The molecule has 1 heterocycles. The molecule has 4 heteroatoms. The van der Waals surface area contributed by atoms with Crippen molar-refractivity contribution >= 4 is 12.2 Å². The lowest BCUT2D eigenvalue weighted by Crippen LogP contribution is -2.26. The van der Waals surface area contributed by atoms with Crippen LogP contribution in [0.4, 0.5) is 0 Å². The van der Waals surface area contributed by atoms with E-state index >= 15 is 0 Å². The summed E-state index contributed by atoms with van der Waals surface area (Å²) in [4.78, 5) is 15.5. The lowest BCUT2D eigenvalue weighted by atomic mass is 9.85. The molecule has 18 heavy (non-hydrogen) atoms. The number of H-pyrrole nitrogens is 1. The maximum atomic E-state index is 12.3. The lowest BCUT2D eigenvalue weighted by molar-refractivity contribution is 0.432. The molecule has 1 fully saturated rings. The van der Waals surface area contributed by atoms with Gasteiger partial charge in [0.15, 0.2) is 4.77 Å². The van der Waals surface area contributed by atoms with Gasteiger partial charge in [-0.3, -0.25) is 9.36 Å². The molecule has 2 rings (SSSR count). The fraction of sp³-hybridized carbons (Fsp3) is 0.571. The quantitative estimate of drug-likeness (QED) is 0.672. The molecule has 0 aliphatic heterocycles. The summed E-state index contributed by atoms with van der Waals surface area (Å²) in [6, 6.07) is 0. The Morgan fingerprint density at radius 3 is 2.72 bits per heavy atom. The van der Waals surface area contributed by atoms with Crippen molar-refractivity contribution in [2.45, 2.75) is 44.4 Å². The van der Waals surface area contributed by atoms with E-state index in [0.717, 1.165) is 24.1 Å². The van der Waals surface area contributed by atoms with Gasteiger partial charge in [-0.1, -0.05) is 25.3 Å². The van der Waals surface area contributed by atoms with Crippen LogP contribution < -0.4 is 5.56 Å². The maximum Gasteiger partial charge on any atom is 0.257 e. The molecule has 0 amide bonds. The summed E-state index contributed by atoms with van der Waals surface area (Å²) >= 11 is 5.22. The fourth-order valence-electron chi connectivity index (χ4n) is 2.77. The average molecular weight is 264 g/mol. The van der Waals surface area contributed by atoms with Crippen LogP contribution in [0.15, 0.2) is 17.4 Å². The van der Waals surface area contributed by atoms with E-state index in [1.807, 2.05) is 0 Å². The van der Waals surface area contributed by atoms with Gasteiger partial charge in [0, 0.05) is 18.3 Å². The third-order valence-corrected chi connectivity index (χ3v) is 4.17. The van der Waals surface area contributed by atoms with Gasteiger partial charge in [-0.15, -0.1) is 6.58 Å². The van der Waals surface area contributed by atoms with E-state index in [1.54, 1.807) is 13.1 Å². The fourth-order valence-corrected chi connectivity index (χ4v) is 2.96. The molecule has 0 atom stereocenters. The minimum atomic E-state index is 0.0271. The third-order valence-electron chi connectivity index (χ3n) is 3.80. The first-order valence-corrected chi connectivity index (χ1v) is 6.99. The number of hydrogen-bond acceptors (Lipinski definition) is 2. The highest BCUT2D eigenvalue weighted by Crippen LogP contribution is 2.32. The van der Waals surface area contributed by atoms with Gasteiger partial charge in [0.25, 0.3) is 5.56 Å². The first kappa shape index (κ1) is 13.3. The minimum absolute atomic E-state index is 0.0271. The normalized spacial score (nSPS) is 16.7. The summed E-state index contributed by atoms with van der Waals surface area (Å²) < 4.78 is 2.04. The number of hydrogen-bond donors (Lipinski definition) is 1. The van der Waals surface area contributed by atoms with Crippen molar-refractivity contribution < 1.29 is 0 Å². The average Bonchev–Trinajstić information content (AvgIpc) is 2.40. The third kappa shape index (κ3) is 2.48. The highest BCUT2D eigenvalue weighted by Gasteiger charge is 2.21. The molecule has 1 aliphatic carbocycles. The summed E-state index contributed by atoms with van der Waals surface area (Å²) in [6.45, 7) is 3.75. The standard InChI is InChI=1S/C14H20N2OS/c1-3-7-11-12(10-8-5-4-6-9-10)15-14(18)16(2)13(11)17/h3,10H,1,4-9H2,2H3,(H,15,18). The SMILES string of the molecule is C=CCc1c(C2CCCCC2)[nH]c(=S)n(C)c1=O. The maximum absolute atomic E-state index is 12.3. The number of rotatable bonds is 3. The smallest absolute Gasteiger partial charge is 0.257 e. The van der Waals surface area contributed by atoms with E-state index < -0.39 is 0 Å². The Bertz CT molecular complexity index is 550. The zero-order valence-corrected chi connectivity index (χ0v) is 11.7. The van der Waals surface area contributed by atoms with Crippen LogP contribution in [-0.2, 0) is 13.5 Å². The van der Waals surface area contributed by atoms with Crippen molar-refractivity contribution in [3.8, 4) is 0 Å². The summed E-state index contributed by atoms with van der Waals surface area (Å²) in [5.74, 6) is 0.462. The second-order valence-electron chi connectivity index (χ2n) is 5.01. The Balaban J connectivity index is 2.53. The van der Waals surface area contributed by atoms with E-state index in [-0.39, 0.29) is 5.56 Å². The molecule has 0 radical (unpaired) electrons. The summed E-state index contributed by atoms with van der Waals surface area (Å²) in [5.41, 5.74) is 1.93. The Labute approximate surface area is 113 Å². The molecule has 1 aromatic heterocycles. The Morgan fingerprint density at radius 2 is 2.11 bits per heavy atom. The highest BCUT2D eigenvalue weighted by atomic mass is 32.1. The molecule has 3 nitrogen and oxygen atoms in total. The van der Waals surface area contributed by atoms with Gasteiger partial charge < -0.3 is 4.98 Å². The molecule has 98 valence electrons. The zero-order valence-electron chi connectivity index (χ0n) is 10.9. The topological polar surface area (TPSA) is 37.8 Å². The molecule has 0 spiro atoms. The lowest BCUT2D eigenvalue weighted by Gasteiger charge is -2.24. The first-order valence-electron chi connectivity index (χ1n) is 6.58. The van der Waals surface area contributed by atoms with Gasteiger partial charge in [0.2, 0.25) is 0 Å². The molecule has 1 aromatic rings. The molecule has 1 N–H and O–H groups in total. The minimum Gasteiger partial charge on any atom is -0.335 e. The van der Waals surface area contributed by atoms with Crippen LogP contribution in [0.1, 0.15) is 49.3 Å². The van der Waals surface area contributed by atoms with Gasteiger partial charge in [0.1, 0.15) is 0 Å². The van der Waals surface area contributed by atoms with Gasteiger partial charge in [-0.05, 0) is 37.4 Å². The predicted octanol–water partition coefficient (Wildman–Crippen LogP) is 3.22. The van der Waals surface area contributed by atoms with Crippen molar-refractivity contribution in [3.63, 3.8) is 0 Å². The van der Waals surface area contributed by atoms with E-state index in [1.165, 1.54) is 23.8 Å². The molecule has 0 bridgehead atoms. The second-order valence-corrected chi connectivity index (χ2v) is 5.40. The second kappa shape index (κ2) is 5.65. The summed E-state index contributed by atoms with van der Waals surface area (Å²) in [7, 11) is 1.72. The Morgan fingerprint density at radius 1 is 1.44 bits per heavy atom. The van der Waals surface area contributed by atoms with Crippen LogP contribution in [0.25, 0.3) is 0 Å². The molecular weight excluding hydrogens is 244 g/mol. The van der Waals surface area contributed by atoms with Crippen LogP contribution in [-0.4, -0.2) is 9.55 Å². The van der Waals surface area contributed by atoms with Crippen LogP contribution in [0.5, 0.6) is 0 Å². The number of nitrogens with zero attached hydrogens (tertiary/aromatic N) is 1. The van der Waals surface area contributed by atoms with Gasteiger partial charge in [0.05, 0.1) is 0 Å². The molecule has 0 saturated heterocycles. The first-order chi connectivity index (χ1) is 8.65. The highest BCUT2D eigenvalue weighted by molar-refractivity contribution is 7.71. The zero-order chi connectivity index (χ0) is 13.1. The van der Waals surface area contributed by atoms with Crippen LogP contribution in [0.2, 0.25) is 0 Å². The van der Waals surface area contributed by atoms with Crippen molar-refractivity contribution in [2.24, 2.45) is 7.05 Å². The largest absolute Gasteiger partial charge is 0.335 e. The number of aromatic amines is 1. The monoisotopic (exact) mass is 264 g/mol. The molecule has 1 saturated carbocycles. The summed E-state index contributed by atoms with van der Waals surface area (Å²) in [5, 5.41) is 0. The van der Waals surface area contributed by atoms with E-state index in [4.69, 9.17) is 12.2 Å². The molecule has 1 aliphatic rings. The van der Waals surface area contributed by atoms with Gasteiger partial charge in [-0.25, -0.2) is 0 Å². The molecular formula is C14H20N2OS. The molecule has 0 aromatic carbocycles. The van der Waals surface area contributed by atoms with Crippen molar-refractivity contribution in [1.29, 1.82) is 0 Å². The van der Waals surface area contributed by atoms with Crippen LogP contribution in [0.3, 0.4) is 0 Å². The van der Waals surface area contributed by atoms with Crippen molar-refractivity contribution in [1.82, 2.24) is 9.55 Å². The Kier molecular flexibility index (Phi) is 4.17. The number of allylic oxidation sites excluding steroid dienone is 1.